The first-order valence-corrected chi connectivity index (χ1v) is 7.91. The zero-order chi connectivity index (χ0) is 15.2. The standard InChI is InChI=1S/C15H21N3O2S/c1-4-20-12-7-5-6-11(14(12)19)9-16-15-18-17-13(21-15)8-10(2)3/h5-7,10,19H,4,8-9H2,1-3H3,(H,16,18). The largest absolute Gasteiger partial charge is 0.504 e. The molecule has 0 aliphatic heterocycles. The first-order valence-electron chi connectivity index (χ1n) is 7.10. The molecule has 1 aromatic carbocycles. The Hall–Kier alpha value is -1.82. The number of ether oxygens (including phenoxy) is 1. The lowest BCUT2D eigenvalue weighted by atomic mass is 10.1. The number of rotatable bonds is 7. The van der Waals surface area contributed by atoms with Crippen LogP contribution in [0, 0.1) is 5.92 Å². The molecule has 6 heteroatoms. The summed E-state index contributed by atoms with van der Waals surface area (Å²) in [5.41, 5.74) is 0.779. The van der Waals surface area contributed by atoms with Crippen molar-refractivity contribution >= 4 is 16.5 Å². The van der Waals surface area contributed by atoms with Crippen molar-refractivity contribution in [1.29, 1.82) is 0 Å². The number of para-hydroxylation sites is 1. The molecule has 21 heavy (non-hydrogen) atoms. The van der Waals surface area contributed by atoms with Crippen LogP contribution in [0.1, 0.15) is 31.3 Å². The average Bonchev–Trinajstić information content (AvgIpc) is 2.87. The lowest BCUT2D eigenvalue weighted by Gasteiger charge is -2.10. The molecule has 5 nitrogen and oxygen atoms in total. The molecule has 1 aromatic heterocycles. The lowest BCUT2D eigenvalue weighted by molar-refractivity contribution is 0.317. The molecule has 0 amide bonds. The van der Waals surface area contributed by atoms with Gasteiger partial charge in [0.15, 0.2) is 11.5 Å². The molecule has 0 aliphatic rings. The molecule has 0 radical (unpaired) electrons. The highest BCUT2D eigenvalue weighted by molar-refractivity contribution is 7.15. The van der Waals surface area contributed by atoms with Gasteiger partial charge in [-0.05, 0) is 18.9 Å². The van der Waals surface area contributed by atoms with Gasteiger partial charge in [-0.1, -0.05) is 37.3 Å². The van der Waals surface area contributed by atoms with E-state index in [0.29, 0.717) is 24.8 Å². The van der Waals surface area contributed by atoms with E-state index in [0.717, 1.165) is 22.1 Å². The molecule has 0 unspecified atom stereocenters. The van der Waals surface area contributed by atoms with Crippen molar-refractivity contribution < 1.29 is 9.84 Å². The van der Waals surface area contributed by atoms with Crippen LogP contribution in [0.25, 0.3) is 0 Å². The summed E-state index contributed by atoms with van der Waals surface area (Å²) in [4.78, 5) is 0. The van der Waals surface area contributed by atoms with Gasteiger partial charge < -0.3 is 15.2 Å². The fourth-order valence-corrected chi connectivity index (χ4v) is 2.86. The summed E-state index contributed by atoms with van der Waals surface area (Å²) in [6, 6.07) is 5.49. The van der Waals surface area contributed by atoms with Crippen LogP contribution < -0.4 is 10.1 Å². The molecule has 2 N–H and O–H groups in total. The van der Waals surface area contributed by atoms with Crippen LogP contribution in [0.15, 0.2) is 18.2 Å². The molecule has 0 bridgehead atoms. The van der Waals surface area contributed by atoms with Gasteiger partial charge in [-0.2, -0.15) is 0 Å². The Balaban J connectivity index is 1.99. The van der Waals surface area contributed by atoms with Crippen LogP contribution in [-0.4, -0.2) is 21.9 Å². The van der Waals surface area contributed by atoms with E-state index in [-0.39, 0.29) is 5.75 Å². The number of anilines is 1. The van der Waals surface area contributed by atoms with Crippen LogP contribution in [0.4, 0.5) is 5.13 Å². The Morgan fingerprint density at radius 3 is 2.86 bits per heavy atom. The molecular formula is C15H21N3O2S. The zero-order valence-corrected chi connectivity index (χ0v) is 13.4. The highest BCUT2D eigenvalue weighted by Crippen LogP contribution is 2.30. The maximum Gasteiger partial charge on any atom is 0.205 e. The van der Waals surface area contributed by atoms with E-state index in [1.165, 1.54) is 0 Å². The van der Waals surface area contributed by atoms with Crippen LogP contribution in [0.5, 0.6) is 11.5 Å². The SMILES string of the molecule is CCOc1cccc(CNc2nnc(CC(C)C)s2)c1O. The molecule has 114 valence electrons. The number of hydrogen-bond acceptors (Lipinski definition) is 6. The molecule has 0 saturated heterocycles. The Labute approximate surface area is 129 Å². The van der Waals surface area contributed by atoms with E-state index in [1.54, 1.807) is 17.4 Å². The minimum Gasteiger partial charge on any atom is -0.504 e. The minimum atomic E-state index is 0.179. The zero-order valence-electron chi connectivity index (χ0n) is 12.6. The molecule has 0 fully saturated rings. The molecule has 0 aliphatic carbocycles. The van der Waals surface area contributed by atoms with E-state index in [2.05, 4.69) is 29.4 Å². The number of phenols is 1. The van der Waals surface area contributed by atoms with Gasteiger partial charge in [0.1, 0.15) is 5.01 Å². The summed E-state index contributed by atoms with van der Waals surface area (Å²) in [5.74, 6) is 1.26. The average molecular weight is 307 g/mol. The van der Waals surface area contributed by atoms with E-state index in [9.17, 15) is 5.11 Å². The minimum absolute atomic E-state index is 0.179. The van der Waals surface area contributed by atoms with Crippen LogP contribution in [0.2, 0.25) is 0 Å². The van der Waals surface area contributed by atoms with Gasteiger partial charge in [-0.25, -0.2) is 0 Å². The molecular weight excluding hydrogens is 286 g/mol. The number of benzene rings is 1. The van der Waals surface area contributed by atoms with Crippen molar-refractivity contribution in [2.24, 2.45) is 5.92 Å². The normalized spacial score (nSPS) is 10.9. The second kappa shape index (κ2) is 7.26. The summed E-state index contributed by atoms with van der Waals surface area (Å²) < 4.78 is 5.37. The van der Waals surface area contributed by atoms with Gasteiger partial charge in [-0.3, -0.25) is 0 Å². The number of aromatic nitrogens is 2. The Bertz CT molecular complexity index is 584. The summed E-state index contributed by atoms with van der Waals surface area (Å²) in [6.07, 6.45) is 0.935. The van der Waals surface area contributed by atoms with E-state index >= 15 is 0 Å². The predicted molar refractivity (Wildman–Crippen MR) is 85.1 cm³/mol. The maximum atomic E-state index is 10.1. The smallest absolute Gasteiger partial charge is 0.205 e. The highest BCUT2D eigenvalue weighted by atomic mass is 32.1. The third kappa shape index (κ3) is 4.32. The summed E-state index contributed by atoms with van der Waals surface area (Å²) in [7, 11) is 0. The highest BCUT2D eigenvalue weighted by Gasteiger charge is 2.10. The molecule has 0 saturated carbocycles. The summed E-state index contributed by atoms with van der Waals surface area (Å²) in [6.45, 7) is 7.22. The van der Waals surface area contributed by atoms with Crippen molar-refractivity contribution in [3.63, 3.8) is 0 Å². The molecule has 0 spiro atoms. The maximum absolute atomic E-state index is 10.1. The Morgan fingerprint density at radius 2 is 2.14 bits per heavy atom. The fourth-order valence-electron chi connectivity index (χ4n) is 1.91. The first-order chi connectivity index (χ1) is 10.1. The van der Waals surface area contributed by atoms with Gasteiger partial charge >= 0.3 is 0 Å². The van der Waals surface area contributed by atoms with E-state index < -0.39 is 0 Å². The second-order valence-corrected chi connectivity index (χ2v) is 6.21. The first kappa shape index (κ1) is 15.6. The van der Waals surface area contributed by atoms with Crippen molar-refractivity contribution in [3.8, 4) is 11.5 Å². The third-order valence-corrected chi connectivity index (χ3v) is 3.77. The molecule has 2 rings (SSSR count). The Kier molecular flexibility index (Phi) is 5.38. The number of phenolic OH excluding ortho intramolecular Hbond substituents is 1. The second-order valence-electron chi connectivity index (χ2n) is 5.15. The number of hydrogen-bond donors (Lipinski definition) is 2. The number of nitrogens with one attached hydrogen (secondary N) is 1. The lowest BCUT2D eigenvalue weighted by Crippen LogP contribution is -2.01. The molecule has 1 heterocycles. The van der Waals surface area contributed by atoms with Crippen molar-refractivity contribution in [3.05, 3.63) is 28.8 Å². The molecule has 0 atom stereocenters. The monoisotopic (exact) mass is 307 g/mol. The van der Waals surface area contributed by atoms with E-state index in [4.69, 9.17) is 4.74 Å². The summed E-state index contributed by atoms with van der Waals surface area (Å²) in [5, 5.41) is 23.4. The fraction of sp³-hybridized carbons (Fsp3) is 0.467. The van der Waals surface area contributed by atoms with Crippen molar-refractivity contribution in [2.75, 3.05) is 11.9 Å². The number of nitrogens with zero attached hydrogens (tertiary/aromatic N) is 2. The van der Waals surface area contributed by atoms with Crippen LogP contribution >= 0.6 is 11.3 Å². The van der Waals surface area contributed by atoms with Crippen LogP contribution in [-0.2, 0) is 13.0 Å². The van der Waals surface area contributed by atoms with Gasteiger partial charge in [0.2, 0.25) is 5.13 Å². The topological polar surface area (TPSA) is 67.3 Å². The van der Waals surface area contributed by atoms with Gasteiger partial charge in [0, 0.05) is 18.5 Å². The van der Waals surface area contributed by atoms with E-state index in [1.807, 2.05) is 19.1 Å². The Morgan fingerprint density at radius 1 is 1.33 bits per heavy atom. The van der Waals surface area contributed by atoms with Gasteiger partial charge in [-0.15, -0.1) is 10.2 Å². The van der Waals surface area contributed by atoms with Gasteiger partial charge in [0.25, 0.3) is 0 Å². The summed E-state index contributed by atoms with van der Waals surface area (Å²) >= 11 is 1.55. The molecule has 2 aromatic rings. The van der Waals surface area contributed by atoms with Crippen molar-refractivity contribution in [2.45, 2.75) is 33.7 Å². The van der Waals surface area contributed by atoms with Crippen LogP contribution in [0.3, 0.4) is 0 Å². The number of aromatic hydroxyl groups is 1. The predicted octanol–water partition coefficient (Wildman–Crippen LogP) is 3.45. The third-order valence-electron chi connectivity index (χ3n) is 2.86. The van der Waals surface area contributed by atoms with Crippen molar-refractivity contribution in [1.82, 2.24) is 10.2 Å². The quantitative estimate of drug-likeness (QED) is 0.820. The van der Waals surface area contributed by atoms with Gasteiger partial charge in [0.05, 0.1) is 6.61 Å².